The molecule has 0 aromatic heterocycles. The fourth-order valence-corrected chi connectivity index (χ4v) is 4.60. The van der Waals surface area contributed by atoms with Gasteiger partial charge in [0.1, 0.15) is 43.0 Å². The van der Waals surface area contributed by atoms with Crippen LogP contribution in [0.4, 0.5) is 14.9 Å². The molecule has 1 fully saturated rings. The summed E-state index contributed by atoms with van der Waals surface area (Å²) < 4.78 is 54.3. The number of nitrogens with one attached hydrogen (secondary N) is 2. The zero-order valence-electron chi connectivity index (χ0n) is 21.8. The normalized spacial score (nSPS) is 14.3. The van der Waals surface area contributed by atoms with E-state index < -0.39 is 34.6 Å². The van der Waals surface area contributed by atoms with Gasteiger partial charge in [0.25, 0.3) is 5.91 Å². The number of carbonyl (C=O) groups excluding carboxylic acids is 2. The molecule has 5 N–H and O–H groups in total. The standard InChI is InChI=1S/C22H20FN3O7S.C4H11N/c23-20-17-7-6-16(32-9-8-24-22(28)29)10-15(17)11-18(33-13-14-4-2-1-3-5-14)21(20)26-12-19(27)25-34(26,30)31;1-4(2,3)5/h1-7,10-11,24H,8-9,12-13H2,(H,25,27)(H,28,29);5H2,1-3H3. The number of halogens is 1. The van der Waals surface area contributed by atoms with Gasteiger partial charge in [-0.2, -0.15) is 8.42 Å². The van der Waals surface area contributed by atoms with Gasteiger partial charge in [0.15, 0.2) is 5.82 Å². The summed E-state index contributed by atoms with van der Waals surface area (Å²) in [5.41, 5.74) is 4.41. The number of quaternary nitrogens is 1. The second-order valence-electron chi connectivity index (χ2n) is 9.85. The van der Waals surface area contributed by atoms with Crippen LogP contribution in [-0.2, 0) is 21.6 Å². The third kappa shape index (κ3) is 8.45. The van der Waals surface area contributed by atoms with E-state index in [4.69, 9.17) is 9.47 Å². The Hall–Kier alpha value is -4.10. The van der Waals surface area contributed by atoms with E-state index in [1.165, 1.54) is 24.3 Å². The first-order valence-electron chi connectivity index (χ1n) is 11.9. The Balaban J connectivity index is 0.000000771. The second-order valence-corrected chi connectivity index (χ2v) is 11.4. The molecule has 0 unspecified atom stereocenters. The van der Waals surface area contributed by atoms with Crippen LogP contribution in [0.15, 0.2) is 54.6 Å². The number of rotatable bonds is 8. The van der Waals surface area contributed by atoms with Crippen molar-refractivity contribution in [3.63, 3.8) is 0 Å². The molecule has 0 saturated carbocycles. The highest BCUT2D eigenvalue weighted by Crippen LogP contribution is 2.40. The van der Waals surface area contributed by atoms with Crippen molar-refractivity contribution in [3.8, 4) is 11.5 Å². The van der Waals surface area contributed by atoms with Crippen LogP contribution in [-0.4, -0.2) is 45.7 Å². The highest BCUT2D eigenvalue weighted by atomic mass is 32.2. The largest absolute Gasteiger partial charge is 0.530 e. The van der Waals surface area contributed by atoms with Crippen LogP contribution < -0.4 is 34.7 Å². The molecule has 1 heterocycles. The van der Waals surface area contributed by atoms with Crippen molar-refractivity contribution >= 4 is 38.7 Å². The molecule has 1 aliphatic rings. The molecule has 0 spiro atoms. The van der Waals surface area contributed by atoms with Gasteiger partial charge in [0, 0.05) is 5.39 Å². The van der Waals surface area contributed by atoms with Crippen molar-refractivity contribution in [2.75, 3.05) is 24.0 Å². The smallest absolute Gasteiger partial charge is 0.326 e. The fraction of sp³-hybridized carbons (Fsp3) is 0.308. The minimum atomic E-state index is -4.29. The van der Waals surface area contributed by atoms with Gasteiger partial charge in [0.05, 0.1) is 12.1 Å². The zero-order chi connectivity index (χ0) is 28.8. The van der Waals surface area contributed by atoms with Crippen LogP contribution in [0.1, 0.15) is 26.3 Å². The first-order valence-corrected chi connectivity index (χ1v) is 13.4. The van der Waals surface area contributed by atoms with Crippen LogP contribution in [0.2, 0.25) is 0 Å². The molecular weight excluding hydrogens is 531 g/mol. The van der Waals surface area contributed by atoms with E-state index in [0.717, 1.165) is 5.56 Å². The Bertz CT molecular complexity index is 1440. The molecule has 1 saturated heterocycles. The minimum absolute atomic E-state index is 0.00699. The van der Waals surface area contributed by atoms with Gasteiger partial charge < -0.3 is 30.4 Å². The molecule has 3 aromatic carbocycles. The fourth-order valence-electron chi connectivity index (χ4n) is 3.44. The van der Waals surface area contributed by atoms with Crippen LogP contribution in [0, 0.1) is 5.82 Å². The van der Waals surface area contributed by atoms with Crippen molar-refractivity contribution in [2.45, 2.75) is 32.9 Å². The van der Waals surface area contributed by atoms with Crippen molar-refractivity contribution < 1.29 is 42.7 Å². The summed E-state index contributed by atoms with van der Waals surface area (Å²) in [7, 11) is -4.29. The maximum Gasteiger partial charge on any atom is 0.326 e. The minimum Gasteiger partial charge on any atom is -0.530 e. The van der Waals surface area contributed by atoms with E-state index in [9.17, 15) is 23.1 Å². The van der Waals surface area contributed by atoms with Crippen LogP contribution in [0.3, 0.4) is 0 Å². The molecule has 2 amide bonds. The van der Waals surface area contributed by atoms with E-state index >= 15 is 4.39 Å². The van der Waals surface area contributed by atoms with E-state index in [2.05, 4.69) is 31.8 Å². The monoisotopic (exact) mass is 562 g/mol. The zero-order valence-corrected chi connectivity index (χ0v) is 22.6. The van der Waals surface area contributed by atoms with Gasteiger partial charge in [-0.15, -0.1) is 0 Å². The van der Waals surface area contributed by atoms with E-state index in [1.54, 1.807) is 24.3 Å². The topological polar surface area (TPSA) is 165 Å². The number of nitrogens with zero attached hydrogens (tertiary/aromatic N) is 1. The number of ether oxygens (including phenoxy) is 2. The Morgan fingerprint density at radius 2 is 1.82 bits per heavy atom. The number of amides is 2. The lowest BCUT2D eigenvalue weighted by Crippen LogP contribution is -2.67. The summed E-state index contributed by atoms with van der Waals surface area (Å²) in [4.78, 5) is 22.2. The number of carbonyl (C=O) groups is 2. The average molecular weight is 563 g/mol. The third-order valence-corrected chi connectivity index (χ3v) is 6.31. The molecule has 0 atom stereocenters. The summed E-state index contributed by atoms with van der Waals surface area (Å²) in [5, 5.41) is 12.9. The van der Waals surface area contributed by atoms with E-state index in [0.29, 0.717) is 15.4 Å². The lowest BCUT2D eigenvalue weighted by Gasteiger charge is -2.21. The Morgan fingerprint density at radius 3 is 2.41 bits per heavy atom. The van der Waals surface area contributed by atoms with Crippen LogP contribution >= 0.6 is 0 Å². The molecule has 3 aromatic rings. The maximum atomic E-state index is 15.7. The molecule has 39 heavy (non-hydrogen) atoms. The first kappa shape index (κ1) is 29.5. The Labute approximate surface area is 225 Å². The molecule has 11 nitrogen and oxygen atoms in total. The number of hydrogen-bond acceptors (Lipinski definition) is 7. The average Bonchev–Trinajstić information content (AvgIpc) is 3.11. The third-order valence-electron chi connectivity index (χ3n) is 4.93. The van der Waals surface area contributed by atoms with Crippen LogP contribution in [0.25, 0.3) is 10.8 Å². The molecule has 0 aliphatic carbocycles. The number of anilines is 1. The Kier molecular flexibility index (Phi) is 9.20. The molecule has 210 valence electrons. The molecule has 1 aliphatic heterocycles. The highest BCUT2D eigenvalue weighted by molar-refractivity contribution is 7.92. The summed E-state index contributed by atoms with van der Waals surface area (Å²) in [6, 6.07) is 14.8. The van der Waals surface area contributed by atoms with Gasteiger partial charge in [-0.3, -0.25) is 4.79 Å². The lowest BCUT2D eigenvalue weighted by molar-refractivity contribution is -0.458. The van der Waals surface area contributed by atoms with Crippen LogP contribution in [0.5, 0.6) is 11.5 Å². The van der Waals surface area contributed by atoms with Crippen molar-refractivity contribution in [1.82, 2.24) is 10.0 Å². The predicted octanol–water partition coefficient (Wildman–Crippen LogP) is 1.08. The van der Waals surface area contributed by atoms with Gasteiger partial charge in [0.2, 0.25) is 0 Å². The Morgan fingerprint density at radius 1 is 1.15 bits per heavy atom. The summed E-state index contributed by atoms with van der Waals surface area (Å²) in [5.74, 6) is -1.42. The molecule has 13 heteroatoms. The van der Waals surface area contributed by atoms with Gasteiger partial charge >= 0.3 is 10.2 Å². The summed E-state index contributed by atoms with van der Waals surface area (Å²) >= 11 is 0. The highest BCUT2D eigenvalue weighted by Gasteiger charge is 2.38. The quantitative estimate of drug-likeness (QED) is 0.346. The van der Waals surface area contributed by atoms with E-state index in [-0.39, 0.29) is 42.1 Å². The molecule has 4 rings (SSSR count). The van der Waals surface area contributed by atoms with Gasteiger partial charge in [-0.1, -0.05) is 30.3 Å². The lowest BCUT2D eigenvalue weighted by atomic mass is 10.1. The van der Waals surface area contributed by atoms with Crippen molar-refractivity contribution in [2.24, 2.45) is 0 Å². The number of carboxylic acid groups (broad SMARTS) is 1. The molecule has 0 radical (unpaired) electrons. The van der Waals surface area contributed by atoms with Gasteiger partial charge in [-0.25, -0.2) is 13.4 Å². The number of fused-ring (bicyclic) bond motifs is 1. The molecular formula is C26H31FN4O7S. The number of hydrogen-bond donors (Lipinski definition) is 3. The van der Waals surface area contributed by atoms with Crippen molar-refractivity contribution in [3.05, 3.63) is 66.0 Å². The molecule has 0 bridgehead atoms. The summed E-state index contributed by atoms with van der Waals surface area (Å²) in [6.45, 7) is 5.68. The van der Waals surface area contributed by atoms with Crippen molar-refractivity contribution in [1.29, 1.82) is 0 Å². The number of benzene rings is 3. The SMILES string of the molecule is CC(C)(C)[NH3+].O=C([O-])NCCOc1ccc2c(F)c(N3CC(=O)NS3(=O)=O)c(OCc3ccccc3)cc2c1. The second kappa shape index (κ2) is 12.2. The summed E-state index contributed by atoms with van der Waals surface area (Å²) in [6.07, 6.45) is -1.43. The first-order chi connectivity index (χ1) is 18.2. The van der Waals surface area contributed by atoms with E-state index in [1.807, 2.05) is 10.8 Å². The maximum absolute atomic E-state index is 15.7. The predicted molar refractivity (Wildman–Crippen MR) is 141 cm³/mol. The van der Waals surface area contributed by atoms with Gasteiger partial charge in [-0.05, 0) is 56.0 Å².